The summed E-state index contributed by atoms with van der Waals surface area (Å²) in [6.07, 6.45) is 6.22. The number of ether oxygens (including phenoxy) is 2. The van der Waals surface area contributed by atoms with E-state index in [1.165, 1.54) is 0 Å². The zero-order valence-corrected chi connectivity index (χ0v) is 20.7. The number of aromatic nitrogens is 2. The number of amides is 1. The molecule has 4 rings (SSSR count). The van der Waals surface area contributed by atoms with Crippen LogP contribution in [0.4, 0.5) is 5.82 Å². The number of hydrogen-bond donors (Lipinski definition) is 0. The molecular weight excluding hydrogens is 442 g/mol. The molecule has 2 fully saturated rings. The van der Waals surface area contributed by atoms with E-state index in [0.717, 1.165) is 35.4 Å². The molecule has 0 aromatic carbocycles. The van der Waals surface area contributed by atoms with E-state index in [4.69, 9.17) is 14.5 Å². The Kier molecular flexibility index (Phi) is 7.79. The van der Waals surface area contributed by atoms with Gasteiger partial charge in [0.05, 0.1) is 17.0 Å². The number of carbonyl (C=O) groups is 1. The van der Waals surface area contributed by atoms with Gasteiger partial charge in [0.25, 0.3) is 0 Å². The molecule has 3 heterocycles. The number of carbonyl (C=O) groups excluding carboxylic acids is 1. The summed E-state index contributed by atoms with van der Waals surface area (Å²) in [7, 11) is 3.15. The monoisotopic (exact) mass is 475 g/mol. The lowest BCUT2D eigenvalue weighted by Crippen LogP contribution is -2.54. The number of piperazine rings is 1. The first-order chi connectivity index (χ1) is 17.0. The van der Waals surface area contributed by atoms with Crippen LogP contribution in [0.5, 0.6) is 0 Å². The normalized spacial score (nSPS) is 18.0. The predicted octanol–water partition coefficient (Wildman–Crippen LogP) is 3.97. The van der Waals surface area contributed by atoms with Crippen LogP contribution in [0.2, 0.25) is 0 Å². The maximum atomic E-state index is 12.8. The van der Waals surface area contributed by atoms with E-state index in [9.17, 15) is 10.1 Å². The van der Waals surface area contributed by atoms with E-state index < -0.39 is 0 Å². The third-order valence-corrected chi connectivity index (χ3v) is 6.78. The molecule has 1 saturated heterocycles. The first-order valence-electron chi connectivity index (χ1n) is 12.1. The van der Waals surface area contributed by atoms with Crippen molar-refractivity contribution in [3.8, 4) is 17.2 Å². The SMILES string of the molecule is C=Cc1cc(-c2cc(C#N)c(N3CCN(C(=O)CCC(OC)OC)[C@H](C)C3)nc2C2CC2)ccn1. The third kappa shape index (κ3) is 5.53. The summed E-state index contributed by atoms with van der Waals surface area (Å²) in [5.41, 5.74) is 4.38. The van der Waals surface area contributed by atoms with E-state index in [-0.39, 0.29) is 18.2 Å². The number of pyridine rings is 2. The van der Waals surface area contributed by atoms with Crippen LogP contribution in [0.25, 0.3) is 17.2 Å². The first-order valence-corrected chi connectivity index (χ1v) is 12.1. The van der Waals surface area contributed by atoms with Crippen molar-refractivity contribution in [3.63, 3.8) is 0 Å². The topological polar surface area (TPSA) is 91.6 Å². The largest absolute Gasteiger partial charge is 0.356 e. The molecule has 35 heavy (non-hydrogen) atoms. The second-order valence-electron chi connectivity index (χ2n) is 9.17. The first kappa shape index (κ1) is 24.8. The maximum absolute atomic E-state index is 12.8. The smallest absolute Gasteiger partial charge is 0.223 e. The van der Waals surface area contributed by atoms with E-state index in [1.54, 1.807) is 26.5 Å². The van der Waals surface area contributed by atoms with Gasteiger partial charge in [-0.1, -0.05) is 6.58 Å². The average Bonchev–Trinajstić information content (AvgIpc) is 3.74. The van der Waals surface area contributed by atoms with Gasteiger partial charge in [-0.2, -0.15) is 5.26 Å². The molecule has 0 radical (unpaired) electrons. The van der Waals surface area contributed by atoms with Crippen molar-refractivity contribution >= 4 is 17.8 Å². The summed E-state index contributed by atoms with van der Waals surface area (Å²) in [6, 6.07) is 8.29. The lowest BCUT2D eigenvalue weighted by atomic mass is 9.99. The lowest BCUT2D eigenvalue weighted by molar-refractivity contribution is -0.139. The van der Waals surface area contributed by atoms with Gasteiger partial charge in [-0.3, -0.25) is 9.78 Å². The van der Waals surface area contributed by atoms with Crippen LogP contribution in [0, 0.1) is 11.3 Å². The molecule has 1 atom stereocenters. The summed E-state index contributed by atoms with van der Waals surface area (Å²) in [4.78, 5) is 26.3. The van der Waals surface area contributed by atoms with E-state index in [2.05, 4.69) is 22.5 Å². The van der Waals surface area contributed by atoms with Gasteiger partial charge in [-0.05, 0) is 49.6 Å². The second-order valence-corrected chi connectivity index (χ2v) is 9.17. The fourth-order valence-electron chi connectivity index (χ4n) is 4.70. The highest BCUT2D eigenvalue weighted by molar-refractivity contribution is 5.77. The number of methoxy groups -OCH3 is 2. The van der Waals surface area contributed by atoms with Gasteiger partial charge in [-0.15, -0.1) is 0 Å². The van der Waals surface area contributed by atoms with Crippen molar-refractivity contribution in [1.82, 2.24) is 14.9 Å². The number of nitriles is 1. The molecule has 2 aliphatic rings. The Morgan fingerprint density at radius 3 is 2.71 bits per heavy atom. The highest BCUT2D eigenvalue weighted by Gasteiger charge is 2.33. The number of rotatable bonds is 9. The molecule has 0 unspecified atom stereocenters. The Morgan fingerprint density at radius 1 is 1.31 bits per heavy atom. The predicted molar refractivity (Wildman–Crippen MR) is 135 cm³/mol. The van der Waals surface area contributed by atoms with Crippen LogP contribution in [0.1, 0.15) is 55.5 Å². The standard InChI is InChI=1S/C27H33N5O3/c1-5-22-14-20(10-11-29-22)23-15-21(16-28)27(30-26(23)19-6-7-19)31-12-13-32(18(2)17-31)24(33)8-9-25(34-3)35-4/h5,10-11,14-15,18-19,25H,1,6-9,12-13,17H2,2-4H3/t18-/m1/s1. The maximum Gasteiger partial charge on any atom is 0.223 e. The molecule has 8 nitrogen and oxygen atoms in total. The number of nitrogens with zero attached hydrogens (tertiary/aromatic N) is 5. The molecule has 0 spiro atoms. The van der Waals surface area contributed by atoms with E-state index in [1.807, 2.05) is 30.0 Å². The Balaban J connectivity index is 1.56. The Labute approximate surface area is 207 Å². The molecule has 184 valence electrons. The summed E-state index contributed by atoms with van der Waals surface area (Å²) in [5.74, 6) is 1.22. The van der Waals surface area contributed by atoms with Crippen LogP contribution in [-0.4, -0.2) is 67.0 Å². The van der Waals surface area contributed by atoms with Gasteiger partial charge in [0.15, 0.2) is 6.29 Å². The molecule has 0 N–H and O–H groups in total. The van der Waals surface area contributed by atoms with Crippen LogP contribution >= 0.6 is 0 Å². The van der Waals surface area contributed by atoms with Crippen LogP contribution in [-0.2, 0) is 14.3 Å². The fourth-order valence-corrected chi connectivity index (χ4v) is 4.70. The quantitative estimate of drug-likeness (QED) is 0.507. The van der Waals surface area contributed by atoms with E-state index in [0.29, 0.717) is 49.8 Å². The Hall–Kier alpha value is -3.28. The molecular formula is C27H33N5O3. The molecule has 0 bridgehead atoms. The minimum atomic E-state index is -0.375. The molecule has 1 aliphatic carbocycles. The zero-order chi connectivity index (χ0) is 24.9. The van der Waals surface area contributed by atoms with Crippen molar-refractivity contribution in [1.29, 1.82) is 5.26 Å². The summed E-state index contributed by atoms with van der Waals surface area (Å²) < 4.78 is 10.4. The molecule has 1 amide bonds. The van der Waals surface area contributed by atoms with Gasteiger partial charge in [0.2, 0.25) is 5.91 Å². The zero-order valence-electron chi connectivity index (χ0n) is 20.7. The van der Waals surface area contributed by atoms with Crippen molar-refractivity contribution in [3.05, 3.63) is 47.9 Å². The van der Waals surface area contributed by atoms with Crippen molar-refractivity contribution in [2.75, 3.05) is 38.8 Å². The Bertz CT molecular complexity index is 1120. The van der Waals surface area contributed by atoms with Crippen molar-refractivity contribution < 1.29 is 14.3 Å². The van der Waals surface area contributed by atoms with Crippen molar-refractivity contribution in [2.45, 2.75) is 50.9 Å². The molecule has 2 aromatic rings. The second kappa shape index (κ2) is 11.0. The van der Waals surface area contributed by atoms with Gasteiger partial charge >= 0.3 is 0 Å². The molecule has 8 heteroatoms. The minimum Gasteiger partial charge on any atom is -0.356 e. The Morgan fingerprint density at radius 2 is 2.09 bits per heavy atom. The van der Waals surface area contributed by atoms with Crippen LogP contribution < -0.4 is 4.90 Å². The van der Waals surface area contributed by atoms with Gasteiger partial charge in [-0.25, -0.2) is 4.98 Å². The minimum absolute atomic E-state index is 0.00697. The lowest BCUT2D eigenvalue weighted by Gasteiger charge is -2.41. The summed E-state index contributed by atoms with van der Waals surface area (Å²) >= 11 is 0. The highest BCUT2D eigenvalue weighted by atomic mass is 16.7. The van der Waals surface area contributed by atoms with Crippen LogP contribution in [0.3, 0.4) is 0 Å². The summed E-state index contributed by atoms with van der Waals surface area (Å²) in [5, 5.41) is 10.0. The highest BCUT2D eigenvalue weighted by Crippen LogP contribution is 2.45. The fraction of sp³-hybridized carbons (Fsp3) is 0.481. The van der Waals surface area contributed by atoms with Crippen molar-refractivity contribution in [2.24, 2.45) is 0 Å². The molecule has 1 aliphatic heterocycles. The van der Waals surface area contributed by atoms with Gasteiger partial charge < -0.3 is 19.3 Å². The third-order valence-electron chi connectivity index (χ3n) is 6.78. The molecule has 2 aromatic heterocycles. The molecule has 1 saturated carbocycles. The van der Waals surface area contributed by atoms with E-state index >= 15 is 0 Å². The summed E-state index contributed by atoms with van der Waals surface area (Å²) in [6.45, 7) is 7.72. The average molecular weight is 476 g/mol. The van der Waals surface area contributed by atoms with Crippen LogP contribution in [0.15, 0.2) is 31.0 Å². The van der Waals surface area contributed by atoms with Gasteiger partial charge in [0, 0.05) is 70.4 Å². The number of anilines is 1. The number of hydrogen-bond acceptors (Lipinski definition) is 7. The van der Waals surface area contributed by atoms with Gasteiger partial charge in [0.1, 0.15) is 11.9 Å².